The van der Waals surface area contributed by atoms with Crippen LogP contribution in [-0.2, 0) is 0 Å². The highest BCUT2D eigenvalue weighted by atomic mass is 15.0. The monoisotopic (exact) mass is 99.1 g/mol. The number of nitrogens with two attached hydrogens (primary N) is 1. The lowest BCUT2D eigenvalue weighted by molar-refractivity contribution is 0.675. The number of rotatable bonds is 3. The van der Waals surface area contributed by atoms with Gasteiger partial charge >= 0.3 is 0 Å². The minimum Gasteiger partial charge on any atom is -0.329 e. The molecule has 0 amide bonds. The summed E-state index contributed by atoms with van der Waals surface area (Å²) in [5.74, 6) is 0. The van der Waals surface area contributed by atoms with Crippen LogP contribution in [0, 0.1) is 0 Å². The lowest BCUT2D eigenvalue weighted by atomic mass is 10.6. The van der Waals surface area contributed by atoms with Crippen molar-refractivity contribution in [3.05, 3.63) is 0 Å². The van der Waals surface area contributed by atoms with Gasteiger partial charge in [-0.05, 0) is 12.8 Å². The molecule has 1 radical (unpaired) electrons. The van der Waals surface area contributed by atoms with Crippen LogP contribution in [0.25, 0.3) is 0 Å². The molecule has 1 rings (SSSR count). The van der Waals surface area contributed by atoms with Crippen molar-refractivity contribution in [1.29, 1.82) is 0 Å². The van der Waals surface area contributed by atoms with Crippen molar-refractivity contribution in [3.8, 4) is 0 Å². The zero-order valence-electron chi connectivity index (χ0n) is 4.43. The Labute approximate surface area is 44.1 Å². The highest BCUT2D eigenvalue weighted by molar-refractivity contribution is 4.79. The SMILES string of the molecule is NCC[N]C1CC1. The molecular weight excluding hydrogens is 88.1 g/mol. The van der Waals surface area contributed by atoms with E-state index in [1.807, 2.05) is 0 Å². The quantitative estimate of drug-likeness (QED) is 0.519. The summed E-state index contributed by atoms with van der Waals surface area (Å²) in [6, 6.07) is 0.698. The van der Waals surface area contributed by atoms with Crippen molar-refractivity contribution >= 4 is 0 Å². The van der Waals surface area contributed by atoms with Gasteiger partial charge < -0.3 is 5.73 Å². The normalized spacial score (nSPS) is 20.1. The second-order valence-electron chi connectivity index (χ2n) is 1.93. The molecule has 0 bridgehead atoms. The molecule has 2 N–H and O–H groups in total. The van der Waals surface area contributed by atoms with E-state index in [1.165, 1.54) is 12.8 Å². The van der Waals surface area contributed by atoms with Gasteiger partial charge in [-0.1, -0.05) is 0 Å². The highest BCUT2D eigenvalue weighted by Gasteiger charge is 2.20. The largest absolute Gasteiger partial charge is 0.329 e. The van der Waals surface area contributed by atoms with Crippen LogP contribution in [0.1, 0.15) is 12.8 Å². The van der Waals surface area contributed by atoms with Crippen LogP contribution in [0.3, 0.4) is 0 Å². The molecule has 2 heteroatoms. The smallest absolute Gasteiger partial charge is 0.0259 e. The standard InChI is InChI=1S/C5H11N2/c6-3-4-7-5-1-2-5/h5H,1-4,6H2. The van der Waals surface area contributed by atoms with Gasteiger partial charge in [0.05, 0.1) is 0 Å². The van der Waals surface area contributed by atoms with Crippen LogP contribution in [0.5, 0.6) is 0 Å². The fraction of sp³-hybridized carbons (Fsp3) is 1.00. The predicted molar refractivity (Wildman–Crippen MR) is 29.1 cm³/mol. The fourth-order valence-electron chi connectivity index (χ4n) is 0.514. The van der Waals surface area contributed by atoms with E-state index >= 15 is 0 Å². The van der Waals surface area contributed by atoms with Gasteiger partial charge in [-0.3, -0.25) is 0 Å². The van der Waals surface area contributed by atoms with E-state index in [-0.39, 0.29) is 0 Å². The second kappa shape index (κ2) is 2.28. The van der Waals surface area contributed by atoms with Gasteiger partial charge in [0.15, 0.2) is 0 Å². The Hall–Kier alpha value is -0.0800. The first kappa shape index (κ1) is 5.06. The molecule has 0 aromatic heterocycles. The van der Waals surface area contributed by atoms with Crippen LogP contribution < -0.4 is 11.1 Å². The van der Waals surface area contributed by atoms with Crippen LogP contribution in [0.4, 0.5) is 0 Å². The average Bonchev–Trinajstić information content (AvgIpc) is 2.42. The number of hydrogen-bond acceptors (Lipinski definition) is 1. The second-order valence-corrected chi connectivity index (χ2v) is 1.93. The molecular formula is C5H11N2. The lowest BCUT2D eigenvalue weighted by Gasteiger charge is -1.91. The molecule has 0 heterocycles. The van der Waals surface area contributed by atoms with E-state index in [1.54, 1.807) is 0 Å². The molecule has 0 aromatic rings. The van der Waals surface area contributed by atoms with Crippen LogP contribution in [0.2, 0.25) is 0 Å². The molecule has 1 aliphatic carbocycles. The van der Waals surface area contributed by atoms with Crippen LogP contribution in [-0.4, -0.2) is 19.1 Å². The van der Waals surface area contributed by atoms with Crippen LogP contribution in [0.15, 0.2) is 0 Å². The average molecular weight is 99.2 g/mol. The zero-order chi connectivity index (χ0) is 5.11. The Balaban J connectivity index is 1.80. The molecule has 1 fully saturated rings. The molecule has 1 aliphatic rings. The Bertz CT molecular complexity index is 50.0. The Morgan fingerprint density at radius 3 is 2.71 bits per heavy atom. The van der Waals surface area contributed by atoms with Gasteiger partial charge in [-0.2, -0.15) is 0 Å². The molecule has 0 atom stereocenters. The topological polar surface area (TPSA) is 40.1 Å². The van der Waals surface area contributed by atoms with Gasteiger partial charge in [0.2, 0.25) is 0 Å². The maximum atomic E-state index is 5.21. The number of nitrogens with zero attached hydrogens (tertiary/aromatic N) is 1. The molecule has 1 saturated carbocycles. The summed E-state index contributed by atoms with van der Waals surface area (Å²) >= 11 is 0. The third-order valence-electron chi connectivity index (χ3n) is 1.06. The summed E-state index contributed by atoms with van der Waals surface area (Å²) < 4.78 is 0. The highest BCUT2D eigenvalue weighted by Crippen LogP contribution is 2.19. The molecule has 0 spiro atoms. The van der Waals surface area contributed by atoms with E-state index in [9.17, 15) is 0 Å². The summed E-state index contributed by atoms with van der Waals surface area (Å²) in [6.45, 7) is 1.58. The summed E-state index contributed by atoms with van der Waals surface area (Å²) in [4.78, 5) is 0. The molecule has 2 nitrogen and oxygen atoms in total. The Morgan fingerprint density at radius 1 is 1.57 bits per heavy atom. The van der Waals surface area contributed by atoms with Crippen molar-refractivity contribution in [2.75, 3.05) is 13.1 Å². The Morgan fingerprint density at radius 2 is 2.29 bits per heavy atom. The van der Waals surface area contributed by atoms with E-state index in [0.717, 1.165) is 13.1 Å². The molecule has 0 saturated heterocycles. The summed E-state index contributed by atoms with van der Waals surface area (Å²) in [5.41, 5.74) is 5.21. The van der Waals surface area contributed by atoms with Crippen molar-refractivity contribution in [1.82, 2.24) is 5.32 Å². The van der Waals surface area contributed by atoms with Crippen molar-refractivity contribution < 1.29 is 0 Å². The van der Waals surface area contributed by atoms with Gasteiger partial charge in [0.1, 0.15) is 0 Å². The molecule has 7 heavy (non-hydrogen) atoms. The lowest BCUT2D eigenvalue weighted by Crippen LogP contribution is -2.17. The van der Waals surface area contributed by atoms with E-state index < -0.39 is 0 Å². The Kier molecular flexibility index (Phi) is 1.65. The minimum absolute atomic E-state index is 0.698. The maximum Gasteiger partial charge on any atom is 0.0259 e. The van der Waals surface area contributed by atoms with Crippen molar-refractivity contribution in [2.45, 2.75) is 18.9 Å². The summed E-state index contributed by atoms with van der Waals surface area (Å²) in [5, 5.41) is 4.23. The summed E-state index contributed by atoms with van der Waals surface area (Å²) in [6.07, 6.45) is 2.61. The molecule has 41 valence electrons. The van der Waals surface area contributed by atoms with Gasteiger partial charge in [-0.25, -0.2) is 5.32 Å². The van der Waals surface area contributed by atoms with E-state index in [2.05, 4.69) is 5.32 Å². The van der Waals surface area contributed by atoms with Gasteiger partial charge in [0, 0.05) is 19.1 Å². The molecule has 0 unspecified atom stereocenters. The first-order valence-electron chi connectivity index (χ1n) is 2.80. The first-order valence-corrected chi connectivity index (χ1v) is 2.80. The van der Waals surface area contributed by atoms with Gasteiger partial charge in [-0.15, -0.1) is 0 Å². The minimum atomic E-state index is 0.698. The van der Waals surface area contributed by atoms with Crippen molar-refractivity contribution in [3.63, 3.8) is 0 Å². The summed E-state index contributed by atoms with van der Waals surface area (Å²) in [7, 11) is 0. The van der Waals surface area contributed by atoms with Gasteiger partial charge in [0.25, 0.3) is 0 Å². The zero-order valence-corrected chi connectivity index (χ0v) is 4.43. The predicted octanol–water partition coefficient (Wildman–Crippen LogP) is -0.288. The molecule has 0 aliphatic heterocycles. The maximum absolute atomic E-state index is 5.21. The third-order valence-corrected chi connectivity index (χ3v) is 1.06. The first-order chi connectivity index (χ1) is 3.43. The fourth-order valence-corrected chi connectivity index (χ4v) is 0.514. The molecule has 0 aromatic carbocycles. The van der Waals surface area contributed by atoms with E-state index in [4.69, 9.17) is 5.73 Å². The third kappa shape index (κ3) is 1.90. The van der Waals surface area contributed by atoms with Crippen molar-refractivity contribution in [2.24, 2.45) is 5.73 Å². The number of hydrogen-bond donors (Lipinski definition) is 1. The van der Waals surface area contributed by atoms with Crippen LogP contribution >= 0.6 is 0 Å². The van der Waals surface area contributed by atoms with E-state index in [0.29, 0.717) is 6.04 Å².